The van der Waals surface area contributed by atoms with Gasteiger partial charge < -0.3 is 14.2 Å². The predicted molar refractivity (Wildman–Crippen MR) is 67.7 cm³/mol. The van der Waals surface area contributed by atoms with Crippen LogP contribution < -0.4 is 9.47 Å². The lowest BCUT2D eigenvalue weighted by atomic mass is 10.1. The standard InChI is InChI=1S/C14H16O4/c1-9(2)18-14(15)11-7-10-5-4-6-12(16-3)13(10)17-8-11/h4-7,9H,8H2,1-3H3. The van der Waals surface area contributed by atoms with Crippen LogP contribution in [0.15, 0.2) is 23.8 Å². The SMILES string of the molecule is COc1cccc2c1OCC(C(=O)OC(C)C)=C2. The first-order valence-electron chi connectivity index (χ1n) is 5.83. The number of methoxy groups -OCH3 is 1. The van der Waals surface area contributed by atoms with Crippen molar-refractivity contribution in [3.05, 3.63) is 29.3 Å². The monoisotopic (exact) mass is 248 g/mol. The van der Waals surface area contributed by atoms with Gasteiger partial charge in [-0.15, -0.1) is 0 Å². The Bertz CT molecular complexity index is 489. The lowest BCUT2D eigenvalue weighted by Crippen LogP contribution is -2.20. The molecule has 0 unspecified atom stereocenters. The van der Waals surface area contributed by atoms with Crippen molar-refractivity contribution in [3.8, 4) is 11.5 Å². The molecule has 0 aromatic heterocycles. The highest BCUT2D eigenvalue weighted by molar-refractivity contribution is 5.95. The number of carbonyl (C=O) groups is 1. The van der Waals surface area contributed by atoms with Crippen molar-refractivity contribution in [3.63, 3.8) is 0 Å². The van der Waals surface area contributed by atoms with Gasteiger partial charge in [-0.3, -0.25) is 0 Å². The fourth-order valence-electron chi connectivity index (χ4n) is 1.75. The number of esters is 1. The molecule has 1 aliphatic heterocycles. The van der Waals surface area contributed by atoms with Crippen molar-refractivity contribution in [2.75, 3.05) is 13.7 Å². The van der Waals surface area contributed by atoms with E-state index in [4.69, 9.17) is 14.2 Å². The Balaban J connectivity index is 2.28. The van der Waals surface area contributed by atoms with Gasteiger partial charge in [0.15, 0.2) is 11.5 Å². The van der Waals surface area contributed by atoms with Crippen LogP contribution in [0.1, 0.15) is 19.4 Å². The Labute approximate surface area is 106 Å². The minimum Gasteiger partial charge on any atom is -0.493 e. The molecule has 0 aliphatic carbocycles. The topological polar surface area (TPSA) is 44.8 Å². The van der Waals surface area contributed by atoms with Crippen molar-refractivity contribution < 1.29 is 19.0 Å². The summed E-state index contributed by atoms with van der Waals surface area (Å²) in [6.45, 7) is 3.84. The summed E-state index contributed by atoms with van der Waals surface area (Å²) in [4.78, 5) is 11.8. The summed E-state index contributed by atoms with van der Waals surface area (Å²) in [7, 11) is 1.59. The fraction of sp³-hybridized carbons (Fsp3) is 0.357. The molecule has 0 atom stereocenters. The Hall–Kier alpha value is -1.97. The van der Waals surface area contributed by atoms with E-state index < -0.39 is 0 Å². The lowest BCUT2D eigenvalue weighted by Gasteiger charge is -2.19. The normalized spacial score (nSPS) is 13.4. The van der Waals surface area contributed by atoms with E-state index in [0.29, 0.717) is 17.1 Å². The van der Waals surface area contributed by atoms with Crippen LogP contribution in [0.25, 0.3) is 6.08 Å². The fourth-order valence-corrected chi connectivity index (χ4v) is 1.75. The molecular weight excluding hydrogens is 232 g/mol. The van der Waals surface area contributed by atoms with Crippen LogP contribution in [-0.2, 0) is 9.53 Å². The molecule has 96 valence electrons. The molecular formula is C14H16O4. The van der Waals surface area contributed by atoms with Gasteiger partial charge in [-0.25, -0.2) is 4.79 Å². The summed E-state index contributed by atoms with van der Waals surface area (Å²) < 4.78 is 15.9. The predicted octanol–water partition coefficient (Wildman–Crippen LogP) is 2.42. The number of hydrogen-bond donors (Lipinski definition) is 0. The average Bonchev–Trinajstić information content (AvgIpc) is 2.36. The third-order valence-electron chi connectivity index (χ3n) is 2.54. The summed E-state index contributed by atoms with van der Waals surface area (Å²) in [6.07, 6.45) is 1.65. The van der Waals surface area contributed by atoms with Crippen LogP contribution in [0.2, 0.25) is 0 Å². The van der Waals surface area contributed by atoms with E-state index in [1.54, 1.807) is 13.2 Å². The van der Waals surface area contributed by atoms with Crippen LogP contribution in [0.4, 0.5) is 0 Å². The number of hydrogen-bond acceptors (Lipinski definition) is 4. The maximum Gasteiger partial charge on any atom is 0.337 e. The van der Waals surface area contributed by atoms with Gasteiger partial charge in [0.1, 0.15) is 6.61 Å². The first kappa shape index (κ1) is 12.5. The second-order valence-corrected chi connectivity index (χ2v) is 4.29. The quantitative estimate of drug-likeness (QED) is 0.771. The van der Waals surface area contributed by atoms with Crippen LogP contribution in [0.5, 0.6) is 11.5 Å². The Morgan fingerprint density at radius 1 is 1.39 bits per heavy atom. The number of benzene rings is 1. The number of fused-ring (bicyclic) bond motifs is 1. The van der Waals surface area contributed by atoms with Gasteiger partial charge >= 0.3 is 5.97 Å². The van der Waals surface area contributed by atoms with Crippen molar-refractivity contribution in [2.45, 2.75) is 20.0 Å². The third-order valence-corrected chi connectivity index (χ3v) is 2.54. The van der Waals surface area contributed by atoms with Crippen LogP contribution in [0, 0.1) is 0 Å². The highest BCUT2D eigenvalue weighted by Gasteiger charge is 2.21. The molecule has 18 heavy (non-hydrogen) atoms. The van der Waals surface area contributed by atoms with E-state index in [1.165, 1.54) is 0 Å². The molecule has 4 heteroatoms. The second kappa shape index (κ2) is 5.12. The molecule has 0 amide bonds. The van der Waals surface area contributed by atoms with Gasteiger partial charge in [0.25, 0.3) is 0 Å². The number of carbonyl (C=O) groups excluding carboxylic acids is 1. The first-order chi connectivity index (χ1) is 8.61. The van der Waals surface area contributed by atoms with Gasteiger partial charge in [0.2, 0.25) is 0 Å². The molecule has 0 saturated heterocycles. The molecule has 1 aromatic rings. The van der Waals surface area contributed by atoms with E-state index in [1.807, 2.05) is 32.0 Å². The Morgan fingerprint density at radius 2 is 2.17 bits per heavy atom. The molecule has 1 aliphatic rings. The summed E-state index contributed by atoms with van der Waals surface area (Å²) in [5.41, 5.74) is 1.35. The van der Waals surface area contributed by atoms with Crippen molar-refractivity contribution >= 4 is 12.0 Å². The summed E-state index contributed by atoms with van der Waals surface area (Å²) >= 11 is 0. The van der Waals surface area contributed by atoms with Crippen molar-refractivity contribution in [1.82, 2.24) is 0 Å². The highest BCUT2D eigenvalue weighted by atomic mass is 16.5. The van der Waals surface area contributed by atoms with Crippen molar-refractivity contribution in [1.29, 1.82) is 0 Å². The molecule has 0 spiro atoms. The van der Waals surface area contributed by atoms with Crippen LogP contribution in [0.3, 0.4) is 0 Å². The van der Waals surface area contributed by atoms with E-state index in [0.717, 1.165) is 5.56 Å². The molecule has 1 heterocycles. The molecule has 0 N–H and O–H groups in total. The number of ether oxygens (including phenoxy) is 3. The minimum absolute atomic E-state index is 0.134. The maximum absolute atomic E-state index is 11.8. The number of rotatable bonds is 3. The van der Waals surface area contributed by atoms with E-state index in [9.17, 15) is 4.79 Å². The molecule has 0 radical (unpaired) electrons. The van der Waals surface area contributed by atoms with E-state index in [2.05, 4.69) is 0 Å². The molecule has 0 bridgehead atoms. The van der Waals surface area contributed by atoms with Gasteiger partial charge in [-0.05, 0) is 26.0 Å². The molecule has 0 saturated carbocycles. The Kier molecular flexibility index (Phi) is 3.55. The zero-order chi connectivity index (χ0) is 13.1. The van der Waals surface area contributed by atoms with Gasteiger partial charge in [0.05, 0.1) is 18.8 Å². The molecule has 0 fully saturated rings. The minimum atomic E-state index is -0.335. The van der Waals surface area contributed by atoms with Gasteiger partial charge in [-0.2, -0.15) is 0 Å². The zero-order valence-corrected chi connectivity index (χ0v) is 10.7. The molecule has 4 nitrogen and oxygen atoms in total. The first-order valence-corrected chi connectivity index (χ1v) is 5.83. The second-order valence-electron chi connectivity index (χ2n) is 4.29. The van der Waals surface area contributed by atoms with Crippen molar-refractivity contribution in [2.24, 2.45) is 0 Å². The summed E-state index contributed by atoms with van der Waals surface area (Å²) in [5.74, 6) is 1.000. The largest absolute Gasteiger partial charge is 0.493 e. The third kappa shape index (κ3) is 2.47. The molecule has 1 aromatic carbocycles. The highest BCUT2D eigenvalue weighted by Crippen LogP contribution is 2.35. The van der Waals surface area contributed by atoms with Crippen LogP contribution in [-0.4, -0.2) is 25.8 Å². The average molecular weight is 248 g/mol. The number of para-hydroxylation sites is 1. The van der Waals surface area contributed by atoms with Gasteiger partial charge in [0, 0.05) is 5.56 Å². The van der Waals surface area contributed by atoms with E-state index in [-0.39, 0.29) is 18.7 Å². The smallest absolute Gasteiger partial charge is 0.337 e. The van der Waals surface area contributed by atoms with Gasteiger partial charge in [-0.1, -0.05) is 12.1 Å². The Morgan fingerprint density at radius 3 is 2.83 bits per heavy atom. The zero-order valence-electron chi connectivity index (χ0n) is 10.7. The molecule has 2 rings (SSSR count). The lowest BCUT2D eigenvalue weighted by molar-refractivity contribution is -0.142. The van der Waals surface area contributed by atoms with E-state index >= 15 is 0 Å². The van der Waals surface area contributed by atoms with Crippen LogP contribution >= 0.6 is 0 Å². The maximum atomic E-state index is 11.8. The summed E-state index contributed by atoms with van der Waals surface area (Å²) in [6, 6.07) is 5.55. The summed E-state index contributed by atoms with van der Waals surface area (Å²) in [5, 5.41) is 0.